The Morgan fingerprint density at radius 2 is 1.89 bits per heavy atom. The summed E-state index contributed by atoms with van der Waals surface area (Å²) in [6, 6.07) is 6.26. The molecule has 0 saturated carbocycles. The number of alkyl halides is 3. The normalized spacial score (nSPS) is 11.3. The molecular weight excluding hydrogens is 506 g/mol. The molecule has 4 rings (SSSR count). The van der Waals surface area contributed by atoms with Crippen molar-refractivity contribution in [2.45, 2.75) is 43.0 Å². The number of hydrogen-bond donors (Lipinski definition) is 0. The second kappa shape index (κ2) is 11.0. The Hall–Kier alpha value is -3.28. The van der Waals surface area contributed by atoms with Crippen molar-refractivity contribution in [3.05, 3.63) is 54.4 Å². The average Bonchev–Trinajstić information content (AvgIpc) is 3.45. The zero-order chi connectivity index (χ0) is 25.8. The molecule has 0 bridgehead atoms. The smallest absolute Gasteiger partial charge is 0.263 e. The van der Waals surface area contributed by atoms with Crippen LogP contribution in [0.1, 0.15) is 19.5 Å². The van der Waals surface area contributed by atoms with Crippen molar-refractivity contribution in [3.63, 3.8) is 0 Å². The summed E-state index contributed by atoms with van der Waals surface area (Å²) in [6.45, 7) is 4.73. The number of halogens is 4. The molecule has 0 amide bonds. The molecule has 0 saturated heterocycles. The minimum absolute atomic E-state index is 0.245. The van der Waals surface area contributed by atoms with Gasteiger partial charge >= 0.3 is 12.3 Å². The summed E-state index contributed by atoms with van der Waals surface area (Å²) in [4.78, 5) is 20.9. The molecule has 3 heterocycles. The third-order valence-corrected chi connectivity index (χ3v) is 6.66. The maximum Gasteiger partial charge on any atom is 0.408 e. The number of carbonyl (C=O) groups excluding carboxylic acids is 2. The molecule has 7 nitrogen and oxygen atoms in total. The van der Waals surface area contributed by atoms with E-state index in [1.165, 1.54) is 35.9 Å². The van der Waals surface area contributed by atoms with Gasteiger partial charge in [0.05, 0.1) is 16.1 Å². The van der Waals surface area contributed by atoms with Crippen molar-refractivity contribution in [2.24, 2.45) is 0 Å². The standard InChI is InChI=1S/C21H19F4N5S2.CO2/c1-12(2)31-19-18(15-8-26-29(9-15)11-21(23,24)25)27-20(32-19)30-10-17(13(3)28-30)14-5-4-6-16(22)7-14;2-1-3/h4-10,12H,11H2,1-3H3;. The van der Waals surface area contributed by atoms with Gasteiger partial charge in [0.2, 0.25) is 5.13 Å². The van der Waals surface area contributed by atoms with Gasteiger partial charge in [-0.2, -0.15) is 33.0 Å². The summed E-state index contributed by atoms with van der Waals surface area (Å²) in [6.07, 6.45) is 0.417. The highest BCUT2D eigenvalue weighted by Crippen LogP contribution is 2.40. The summed E-state index contributed by atoms with van der Waals surface area (Å²) >= 11 is 2.97. The molecule has 3 aromatic heterocycles. The Balaban J connectivity index is 0.00000108. The van der Waals surface area contributed by atoms with Gasteiger partial charge in [0, 0.05) is 28.8 Å². The van der Waals surface area contributed by atoms with E-state index in [2.05, 4.69) is 15.2 Å². The Labute approximate surface area is 205 Å². The molecule has 0 radical (unpaired) electrons. The van der Waals surface area contributed by atoms with E-state index in [-0.39, 0.29) is 17.2 Å². The number of nitrogens with zero attached hydrogens (tertiary/aromatic N) is 5. The maximum absolute atomic E-state index is 13.7. The van der Waals surface area contributed by atoms with Gasteiger partial charge in [-0.05, 0) is 24.6 Å². The fourth-order valence-electron chi connectivity index (χ4n) is 3.12. The van der Waals surface area contributed by atoms with E-state index in [0.717, 1.165) is 14.5 Å². The molecule has 184 valence electrons. The molecule has 0 fully saturated rings. The number of hydrogen-bond acceptors (Lipinski definition) is 7. The SMILES string of the molecule is Cc1nn(-c2nc(-c3cnn(CC(F)(F)F)c3)c(SC(C)C)s2)cc1-c1cccc(F)c1.O=C=O. The molecule has 0 unspecified atom stereocenters. The van der Waals surface area contributed by atoms with Crippen LogP contribution >= 0.6 is 23.1 Å². The van der Waals surface area contributed by atoms with Crippen LogP contribution in [-0.4, -0.2) is 42.1 Å². The monoisotopic (exact) mass is 525 g/mol. The van der Waals surface area contributed by atoms with Gasteiger partial charge in [-0.15, -0.1) is 11.8 Å². The molecule has 0 N–H and O–H groups in total. The van der Waals surface area contributed by atoms with Gasteiger partial charge in [-0.3, -0.25) is 4.68 Å². The van der Waals surface area contributed by atoms with Crippen LogP contribution in [-0.2, 0) is 16.1 Å². The van der Waals surface area contributed by atoms with E-state index in [9.17, 15) is 17.6 Å². The van der Waals surface area contributed by atoms with Crippen LogP contribution in [0.25, 0.3) is 27.5 Å². The summed E-state index contributed by atoms with van der Waals surface area (Å²) < 4.78 is 55.2. The zero-order valence-corrected chi connectivity index (χ0v) is 20.3. The highest BCUT2D eigenvalue weighted by molar-refractivity contribution is 8.01. The molecule has 4 aromatic rings. The molecule has 1 aromatic carbocycles. The molecule has 0 spiro atoms. The first-order valence-electron chi connectivity index (χ1n) is 10.1. The number of thiazole rings is 1. The van der Waals surface area contributed by atoms with Crippen LogP contribution in [0.15, 0.2) is 47.1 Å². The number of aromatic nitrogens is 5. The van der Waals surface area contributed by atoms with E-state index in [4.69, 9.17) is 9.59 Å². The molecule has 0 aliphatic heterocycles. The summed E-state index contributed by atoms with van der Waals surface area (Å²) in [7, 11) is 0. The molecular formula is C22H19F4N5O2S2. The first kappa shape index (κ1) is 26.3. The van der Waals surface area contributed by atoms with Gasteiger partial charge in [0.15, 0.2) is 0 Å². The van der Waals surface area contributed by atoms with Crippen molar-refractivity contribution >= 4 is 29.3 Å². The van der Waals surface area contributed by atoms with Crippen LogP contribution in [0.4, 0.5) is 17.6 Å². The van der Waals surface area contributed by atoms with Gasteiger partial charge in [0.25, 0.3) is 0 Å². The minimum atomic E-state index is -4.36. The van der Waals surface area contributed by atoms with Gasteiger partial charge < -0.3 is 0 Å². The van der Waals surface area contributed by atoms with Gasteiger partial charge in [-0.1, -0.05) is 37.3 Å². The highest BCUT2D eigenvalue weighted by atomic mass is 32.2. The molecule has 35 heavy (non-hydrogen) atoms. The summed E-state index contributed by atoms with van der Waals surface area (Å²) in [5, 5.41) is 9.18. The highest BCUT2D eigenvalue weighted by Gasteiger charge is 2.29. The fourth-order valence-corrected chi connectivity index (χ4v) is 5.57. The van der Waals surface area contributed by atoms with Crippen LogP contribution in [0, 0.1) is 12.7 Å². The average molecular weight is 526 g/mol. The third-order valence-electron chi connectivity index (χ3n) is 4.41. The number of rotatable bonds is 6. The Kier molecular flexibility index (Phi) is 8.26. The number of benzene rings is 1. The molecule has 13 heteroatoms. The van der Waals surface area contributed by atoms with E-state index >= 15 is 0 Å². The van der Waals surface area contributed by atoms with Crippen molar-refractivity contribution in [1.29, 1.82) is 0 Å². The largest absolute Gasteiger partial charge is 0.408 e. The van der Waals surface area contributed by atoms with Crippen LogP contribution in [0.3, 0.4) is 0 Å². The van der Waals surface area contributed by atoms with Crippen molar-refractivity contribution in [2.75, 3.05) is 0 Å². The summed E-state index contributed by atoms with van der Waals surface area (Å²) in [5.41, 5.74) is 3.27. The van der Waals surface area contributed by atoms with Crippen molar-refractivity contribution in [3.8, 4) is 27.5 Å². The number of thioether (sulfide) groups is 1. The lowest BCUT2D eigenvalue weighted by Crippen LogP contribution is -2.17. The molecule has 0 aliphatic rings. The van der Waals surface area contributed by atoms with E-state index in [0.29, 0.717) is 27.6 Å². The van der Waals surface area contributed by atoms with Crippen molar-refractivity contribution < 1.29 is 27.2 Å². The van der Waals surface area contributed by atoms with Crippen LogP contribution < -0.4 is 0 Å². The number of aryl methyl sites for hydroxylation is 1. The fraction of sp³-hybridized carbons (Fsp3) is 0.273. The van der Waals surface area contributed by atoms with Crippen LogP contribution in [0.2, 0.25) is 0 Å². The maximum atomic E-state index is 13.7. The molecule has 0 aliphatic carbocycles. The lowest BCUT2D eigenvalue weighted by atomic mass is 10.1. The predicted molar refractivity (Wildman–Crippen MR) is 123 cm³/mol. The summed E-state index contributed by atoms with van der Waals surface area (Å²) in [5.74, 6) is -0.335. The minimum Gasteiger partial charge on any atom is -0.263 e. The van der Waals surface area contributed by atoms with E-state index in [1.54, 1.807) is 34.8 Å². The lowest BCUT2D eigenvalue weighted by Gasteiger charge is -2.05. The topological polar surface area (TPSA) is 82.7 Å². The lowest BCUT2D eigenvalue weighted by molar-refractivity contribution is -0.191. The second-order valence-electron chi connectivity index (χ2n) is 7.51. The Bertz CT molecular complexity index is 1340. The van der Waals surface area contributed by atoms with E-state index < -0.39 is 12.7 Å². The quantitative estimate of drug-likeness (QED) is 0.234. The molecule has 0 atom stereocenters. The van der Waals surface area contributed by atoms with Gasteiger partial charge in [0.1, 0.15) is 18.1 Å². The Morgan fingerprint density at radius 1 is 1.17 bits per heavy atom. The zero-order valence-electron chi connectivity index (χ0n) is 18.7. The predicted octanol–water partition coefficient (Wildman–Crippen LogP) is 5.79. The van der Waals surface area contributed by atoms with Crippen LogP contribution in [0.5, 0.6) is 0 Å². The first-order valence-corrected chi connectivity index (χ1v) is 11.8. The second-order valence-corrected chi connectivity index (χ2v) is 10.3. The van der Waals surface area contributed by atoms with Crippen molar-refractivity contribution in [1.82, 2.24) is 24.5 Å². The first-order chi connectivity index (χ1) is 16.5. The van der Waals surface area contributed by atoms with Gasteiger partial charge in [-0.25, -0.2) is 14.1 Å². The third kappa shape index (κ3) is 6.87. The van der Waals surface area contributed by atoms with E-state index in [1.807, 2.05) is 20.8 Å². The Morgan fingerprint density at radius 3 is 2.51 bits per heavy atom.